The molecule has 1 N–H and O–H groups in total. The van der Waals surface area contributed by atoms with E-state index in [1.54, 1.807) is 21.3 Å². The molecule has 0 atom stereocenters. The van der Waals surface area contributed by atoms with E-state index in [0.29, 0.717) is 0 Å². The number of methoxy groups -OCH3 is 3. The van der Waals surface area contributed by atoms with Crippen molar-refractivity contribution in [3.8, 4) is 28.5 Å². The summed E-state index contributed by atoms with van der Waals surface area (Å²) < 4.78 is 16.2. The van der Waals surface area contributed by atoms with Crippen LogP contribution in [0.4, 0.5) is 0 Å². The molecule has 1 aliphatic rings. The molecule has 0 aliphatic carbocycles. The number of aromatic nitrogens is 2. The molecule has 28 heavy (non-hydrogen) atoms. The largest absolute Gasteiger partial charge is 0.497 e. The normalized spacial score (nSPS) is 13.8. The van der Waals surface area contributed by atoms with Crippen LogP contribution in [-0.2, 0) is 19.5 Å². The number of nitrogens with zero attached hydrogens (tertiary/aromatic N) is 2. The van der Waals surface area contributed by atoms with Gasteiger partial charge in [-0.3, -0.25) is 10.00 Å². The molecule has 0 amide bonds. The van der Waals surface area contributed by atoms with Crippen molar-refractivity contribution in [2.24, 2.45) is 0 Å². The summed E-state index contributed by atoms with van der Waals surface area (Å²) in [6, 6.07) is 14.0. The zero-order valence-electron chi connectivity index (χ0n) is 16.5. The number of rotatable bonds is 6. The maximum atomic E-state index is 5.56. The number of hydrogen-bond donors (Lipinski definition) is 1. The van der Waals surface area contributed by atoms with Gasteiger partial charge in [0.25, 0.3) is 0 Å². The van der Waals surface area contributed by atoms with Crippen molar-refractivity contribution < 1.29 is 14.2 Å². The molecule has 146 valence electrons. The minimum absolute atomic E-state index is 0.802. The van der Waals surface area contributed by atoms with Gasteiger partial charge in [0, 0.05) is 54.5 Å². The fourth-order valence-electron chi connectivity index (χ4n) is 3.72. The summed E-state index contributed by atoms with van der Waals surface area (Å²) >= 11 is 0. The van der Waals surface area contributed by atoms with Crippen LogP contribution in [0, 0.1) is 0 Å². The average molecular weight is 379 g/mol. The number of H-pyrrole nitrogens is 1. The lowest BCUT2D eigenvalue weighted by Gasteiger charge is -2.27. The first-order chi connectivity index (χ1) is 13.7. The molecule has 0 radical (unpaired) electrons. The zero-order chi connectivity index (χ0) is 19.5. The van der Waals surface area contributed by atoms with Crippen LogP contribution in [0.3, 0.4) is 0 Å². The molecule has 0 fully saturated rings. The molecule has 1 aliphatic heterocycles. The van der Waals surface area contributed by atoms with Crippen molar-refractivity contribution in [2.75, 3.05) is 27.9 Å². The fourth-order valence-corrected chi connectivity index (χ4v) is 3.72. The smallest absolute Gasteiger partial charge is 0.127 e. The first-order valence-corrected chi connectivity index (χ1v) is 9.35. The van der Waals surface area contributed by atoms with Crippen molar-refractivity contribution in [2.45, 2.75) is 19.5 Å². The first-order valence-electron chi connectivity index (χ1n) is 9.35. The van der Waals surface area contributed by atoms with Crippen LogP contribution in [0.15, 0.2) is 42.5 Å². The molecule has 0 spiro atoms. The lowest BCUT2D eigenvalue weighted by Crippen LogP contribution is -2.30. The summed E-state index contributed by atoms with van der Waals surface area (Å²) in [5, 5.41) is 7.82. The number of fused-ring (bicyclic) bond motifs is 1. The third-order valence-electron chi connectivity index (χ3n) is 5.24. The molecule has 0 saturated heterocycles. The Bertz CT molecular complexity index is 967. The highest BCUT2D eigenvalue weighted by molar-refractivity contribution is 5.66. The minimum atomic E-state index is 0.802. The van der Waals surface area contributed by atoms with Gasteiger partial charge in [0.1, 0.15) is 17.2 Å². The molecule has 2 heterocycles. The van der Waals surface area contributed by atoms with E-state index in [1.807, 2.05) is 30.3 Å². The van der Waals surface area contributed by atoms with E-state index in [0.717, 1.165) is 60.1 Å². The standard InChI is InChI=1S/C22H25N3O3/c1-26-17-6-4-5-15(11-17)22-19-14-25(10-9-20(19)23-24-22)13-16-7-8-18(27-2)12-21(16)28-3/h4-8,11-12H,9-10,13-14H2,1-3H3,(H,23,24). The number of aromatic amines is 1. The van der Waals surface area contributed by atoms with Crippen molar-refractivity contribution in [3.05, 3.63) is 59.3 Å². The van der Waals surface area contributed by atoms with Gasteiger partial charge in [-0.05, 0) is 18.2 Å². The molecule has 0 unspecified atom stereocenters. The summed E-state index contributed by atoms with van der Waals surface area (Å²) in [6.45, 7) is 2.63. The molecule has 0 bridgehead atoms. The Kier molecular flexibility index (Phi) is 5.21. The molecule has 6 heteroatoms. The van der Waals surface area contributed by atoms with E-state index in [-0.39, 0.29) is 0 Å². The first kappa shape index (κ1) is 18.4. The maximum Gasteiger partial charge on any atom is 0.127 e. The van der Waals surface area contributed by atoms with Gasteiger partial charge in [-0.1, -0.05) is 18.2 Å². The Hall–Kier alpha value is -2.99. The predicted molar refractivity (Wildman–Crippen MR) is 108 cm³/mol. The highest BCUT2D eigenvalue weighted by Crippen LogP contribution is 2.32. The highest BCUT2D eigenvalue weighted by atomic mass is 16.5. The third-order valence-corrected chi connectivity index (χ3v) is 5.24. The second-order valence-electron chi connectivity index (χ2n) is 6.90. The summed E-state index contributed by atoms with van der Waals surface area (Å²) in [5.41, 5.74) is 5.70. The van der Waals surface area contributed by atoms with Crippen molar-refractivity contribution in [1.82, 2.24) is 15.1 Å². The van der Waals surface area contributed by atoms with E-state index < -0.39 is 0 Å². The third kappa shape index (κ3) is 3.55. The minimum Gasteiger partial charge on any atom is -0.497 e. The Morgan fingerprint density at radius 1 is 1.00 bits per heavy atom. The van der Waals surface area contributed by atoms with Gasteiger partial charge in [-0.25, -0.2) is 0 Å². The topological polar surface area (TPSA) is 59.6 Å². The zero-order valence-corrected chi connectivity index (χ0v) is 16.5. The van der Waals surface area contributed by atoms with Gasteiger partial charge in [0.15, 0.2) is 0 Å². The van der Waals surface area contributed by atoms with Crippen LogP contribution < -0.4 is 14.2 Å². The van der Waals surface area contributed by atoms with Crippen LogP contribution in [-0.4, -0.2) is 43.0 Å². The molecule has 2 aromatic carbocycles. The maximum absolute atomic E-state index is 5.56. The summed E-state index contributed by atoms with van der Waals surface area (Å²) in [5.74, 6) is 2.49. The summed E-state index contributed by atoms with van der Waals surface area (Å²) in [6.07, 6.45) is 0.949. The van der Waals surface area contributed by atoms with Gasteiger partial charge in [-0.15, -0.1) is 0 Å². The van der Waals surface area contributed by atoms with Gasteiger partial charge < -0.3 is 14.2 Å². The lowest BCUT2D eigenvalue weighted by molar-refractivity contribution is 0.241. The second-order valence-corrected chi connectivity index (χ2v) is 6.90. The quantitative estimate of drug-likeness (QED) is 0.708. The number of ether oxygens (including phenoxy) is 3. The van der Waals surface area contributed by atoms with E-state index in [9.17, 15) is 0 Å². The number of hydrogen-bond acceptors (Lipinski definition) is 5. The fraction of sp³-hybridized carbons (Fsp3) is 0.318. The van der Waals surface area contributed by atoms with E-state index >= 15 is 0 Å². The number of benzene rings is 2. The average Bonchev–Trinajstić information content (AvgIpc) is 3.17. The summed E-state index contributed by atoms with van der Waals surface area (Å²) in [7, 11) is 5.05. The van der Waals surface area contributed by atoms with E-state index in [2.05, 4.69) is 27.2 Å². The van der Waals surface area contributed by atoms with Crippen molar-refractivity contribution in [3.63, 3.8) is 0 Å². The SMILES string of the molecule is COc1cccc(-c2n[nH]c3c2CN(Cc2ccc(OC)cc2OC)CC3)c1. The Morgan fingerprint density at radius 3 is 2.61 bits per heavy atom. The van der Waals surface area contributed by atoms with Gasteiger partial charge >= 0.3 is 0 Å². The van der Waals surface area contributed by atoms with Crippen LogP contribution in [0.25, 0.3) is 11.3 Å². The van der Waals surface area contributed by atoms with Gasteiger partial charge in [-0.2, -0.15) is 5.10 Å². The monoisotopic (exact) mass is 379 g/mol. The van der Waals surface area contributed by atoms with Crippen LogP contribution in [0.5, 0.6) is 17.2 Å². The van der Waals surface area contributed by atoms with Gasteiger partial charge in [0.05, 0.1) is 27.0 Å². The predicted octanol–water partition coefficient (Wildman–Crippen LogP) is 3.66. The molecule has 0 saturated carbocycles. The van der Waals surface area contributed by atoms with Crippen molar-refractivity contribution in [1.29, 1.82) is 0 Å². The Labute approximate surface area is 165 Å². The summed E-state index contributed by atoms with van der Waals surface area (Å²) in [4.78, 5) is 2.42. The molecule has 3 aromatic rings. The molecule has 4 rings (SSSR count). The molecular formula is C22H25N3O3. The van der Waals surface area contributed by atoms with E-state index in [4.69, 9.17) is 14.2 Å². The van der Waals surface area contributed by atoms with E-state index in [1.165, 1.54) is 11.3 Å². The lowest BCUT2D eigenvalue weighted by atomic mass is 10.0. The highest BCUT2D eigenvalue weighted by Gasteiger charge is 2.23. The Morgan fingerprint density at radius 2 is 1.82 bits per heavy atom. The second kappa shape index (κ2) is 7.94. The molecule has 6 nitrogen and oxygen atoms in total. The van der Waals surface area contributed by atoms with Crippen LogP contribution >= 0.6 is 0 Å². The molecule has 1 aromatic heterocycles. The van der Waals surface area contributed by atoms with Crippen LogP contribution in [0.1, 0.15) is 16.8 Å². The number of nitrogens with one attached hydrogen (secondary N) is 1. The van der Waals surface area contributed by atoms with Crippen molar-refractivity contribution >= 4 is 0 Å². The molecular weight excluding hydrogens is 354 g/mol. The Balaban J connectivity index is 1.57. The van der Waals surface area contributed by atoms with Gasteiger partial charge in [0.2, 0.25) is 0 Å². The van der Waals surface area contributed by atoms with Crippen LogP contribution in [0.2, 0.25) is 0 Å².